The summed E-state index contributed by atoms with van der Waals surface area (Å²) in [6, 6.07) is 7.99. The van der Waals surface area contributed by atoms with Crippen LogP contribution in [-0.2, 0) is 0 Å². The van der Waals surface area contributed by atoms with Crippen molar-refractivity contribution in [2.24, 2.45) is 0 Å². The van der Waals surface area contributed by atoms with Crippen molar-refractivity contribution in [2.45, 2.75) is 33.1 Å². The fourth-order valence-electron chi connectivity index (χ4n) is 3.13. The zero-order valence-electron chi connectivity index (χ0n) is 13.8. The Bertz CT molecular complexity index is 685. The van der Waals surface area contributed by atoms with Crippen molar-refractivity contribution in [3.8, 4) is 0 Å². The summed E-state index contributed by atoms with van der Waals surface area (Å²) in [5.74, 6) is -0.110. The Balaban J connectivity index is 1.76. The van der Waals surface area contributed by atoms with Crippen LogP contribution in [0.2, 0.25) is 0 Å². The Hall–Kier alpha value is -2.36. The van der Waals surface area contributed by atoms with Crippen molar-refractivity contribution < 1.29 is 4.79 Å². The van der Waals surface area contributed by atoms with E-state index in [9.17, 15) is 4.79 Å². The highest BCUT2D eigenvalue weighted by Gasteiger charge is 2.14. The summed E-state index contributed by atoms with van der Waals surface area (Å²) in [5, 5.41) is 2.97. The van der Waals surface area contributed by atoms with Crippen LogP contribution in [0.1, 0.15) is 40.7 Å². The maximum atomic E-state index is 12.5. The van der Waals surface area contributed by atoms with Crippen LogP contribution in [0.15, 0.2) is 36.7 Å². The number of nitrogens with zero attached hydrogens (tertiary/aromatic N) is 2. The molecule has 0 spiro atoms. The highest BCUT2D eigenvalue weighted by molar-refractivity contribution is 6.04. The van der Waals surface area contributed by atoms with E-state index >= 15 is 0 Å². The van der Waals surface area contributed by atoms with Crippen molar-refractivity contribution in [2.75, 3.05) is 23.3 Å². The molecule has 2 heterocycles. The number of aryl methyl sites for hydroxylation is 2. The third-order valence-electron chi connectivity index (χ3n) is 4.19. The first kappa shape index (κ1) is 15.5. The molecule has 0 saturated carbocycles. The van der Waals surface area contributed by atoms with Crippen LogP contribution in [0.4, 0.5) is 11.4 Å². The van der Waals surface area contributed by atoms with E-state index in [0.29, 0.717) is 5.56 Å². The van der Waals surface area contributed by atoms with E-state index in [4.69, 9.17) is 0 Å². The van der Waals surface area contributed by atoms with E-state index in [1.165, 1.54) is 19.3 Å². The summed E-state index contributed by atoms with van der Waals surface area (Å²) in [6.07, 6.45) is 7.18. The predicted molar refractivity (Wildman–Crippen MR) is 94.2 cm³/mol. The molecule has 4 nitrogen and oxygen atoms in total. The topological polar surface area (TPSA) is 45.2 Å². The van der Waals surface area contributed by atoms with Crippen molar-refractivity contribution in [1.82, 2.24) is 4.98 Å². The van der Waals surface area contributed by atoms with Gasteiger partial charge in [0.2, 0.25) is 0 Å². The second-order valence-electron chi connectivity index (χ2n) is 6.31. The fourth-order valence-corrected chi connectivity index (χ4v) is 3.13. The molecule has 0 radical (unpaired) electrons. The SMILES string of the molecule is Cc1cc(C)cc(NC(=O)c2cncc(N3CCCCC3)c2)c1. The average Bonchev–Trinajstić information content (AvgIpc) is 2.55. The summed E-state index contributed by atoms with van der Waals surface area (Å²) in [6.45, 7) is 6.15. The van der Waals surface area contributed by atoms with Gasteiger partial charge in [-0.2, -0.15) is 0 Å². The standard InChI is InChI=1S/C19H23N3O/c1-14-8-15(2)10-17(9-14)21-19(23)16-11-18(13-20-12-16)22-6-4-3-5-7-22/h8-13H,3-7H2,1-2H3,(H,21,23). The Labute approximate surface area is 137 Å². The third-order valence-corrected chi connectivity index (χ3v) is 4.19. The van der Waals surface area contributed by atoms with Gasteiger partial charge in [0.1, 0.15) is 0 Å². The smallest absolute Gasteiger partial charge is 0.257 e. The number of carbonyl (C=O) groups excluding carboxylic acids is 1. The first-order valence-corrected chi connectivity index (χ1v) is 8.21. The lowest BCUT2D eigenvalue weighted by atomic mass is 10.1. The number of piperidine rings is 1. The van der Waals surface area contributed by atoms with Crippen LogP contribution < -0.4 is 10.2 Å². The number of aromatic nitrogens is 1. The molecular weight excluding hydrogens is 286 g/mol. The lowest BCUT2D eigenvalue weighted by Gasteiger charge is -2.28. The van der Waals surface area contributed by atoms with Crippen molar-refractivity contribution in [3.63, 3.8) is 0 Å². The van der Waals surface area contributed by atoms with Crippen LogP contribution in [0.3, 0.4) is 0 Å². The lowest BCUT2D eigenvalue weighted by Crippen LogP contribution is -2.29. The number of benzene rings is 1. The lowest BCUT2D eigenvalue weighted by molar-refractivity contribution is 0.102. The molecule has 23 heavy (non-hydrogen) atoms. The van der Waals surface area contributed by atoms with Gasteiger partial charge >= 0.3 is 0 Å². The van der Waals surface area contributed by atoms with Crippen molar-refractivity contribution in [3.05, 3.63) is 53.3 Å². The number of carbonyl (C=O) groups is 1. The number of nitrogens with one attached hydrogen (secondary N) is 1. The Morgan fingerprint density at radius 2 is 1.70 bits per heavy atom. The average molecular weight is 309 g/mol. The second-order valence-corrected chi connectivity index (χ2v) is 6.31. The van der Waals surface area contributed by atoms with Gasteiger partial charge in [0, 0.05) is 25.0 Å². The Morgan fingerprint density at radius 1 is 1.00 bits per heavy atom. The molecule has 3 rings (SSSR count). The second kappa shape index (κ2) is 6.82. The van der Waals surface area contributed by atoms with Gasteiger partial charge in [-0.3, -0.25) is 9.78 Å². The minimum Gasteiger partial charge on any atom is -0.370 e. The number of amides is 1. The number of hydrogen-bond donors (Lipinski definition) is 1. The van der Waals surface area contributed by atoms with E-state index in [-0.39, 0.29) is 5.91 Å². The van der Waals surface area contributed by atoms with Crippen molar-refractivity contribution >= 4 is 17.3 Å². The largest absolute Gasteiger partial charge is 0.370 e. The molecule has 1 aromatic carbocycles. The molecule has 120 valence electrons. The summed E-state index contributed by atoms with van der Waals surface area (Å²) >= 11 is 0. The molecule has 1 saturated heterocycles. The normalized spacial score (nSPS) is 14.6. The molecule has 2 aromatic rings. The Morgan fingerprint density at radius 3 is 2.39 bits per heavy atom. The molecule has 0 atom stereocenters. The first-order valence-electron chi connectivity index (χ1n) is 8.21. The van der Waals surface area contributed by atoms with Crippen molar-refractivity contribution in [1.29, 1.82) is 0 Å². The zero-order valence-corrected chi connectivity index (χ0v) is 13.8. The maximum Gasteiger partial charge on any atom is 0.257 e. The number of hydrogen-bond acceptors (Lipinski definition) is 3. The molecule has 1 aromatic heterocycles. The Kier molecular flexibility index (Phi) is 4.60. The van der Waals surface area contributed by atoms with Gasteiger partial charge in [-0.25, -0.2) is 0 Å². The number of rotatable bonds is 3. The van der Waals surface area contributed by atoms with E-state index < -0.39 is 0 Å². The van der Waals surface area contributed by atoms with E-state index in [1.54, 1.807) is 6.20 Å². The van der Waals surface area contributed by atoms with Crippen LogP contribution in [0.25, 0.3) is 0 Å². The predicted octanol–water partition coefficient (Wildman–Crippen LogP) is 3.94. The van der Waals surface area contributed by atoms with E-state index in [0.717, 1.165) is 35.6 Å². The van der Waals surface area contributed by atoms with Gasteiger partial charge in [0.15, 0.2) is 0 Å². The first-order chi connectivity index (χ1) is 11.1. The highest BCUT2D eigenvalue weighted by atomic mass is 16.1. The molecule has 0 bridgehead atoms. The maximum absolute atomic E-state index is 12.5. The van der Waals surface area contributed by atoms with Gasteiger partial charge in [0.25, 0.3) is 5.91 Å². The van der Waals surface area contributed by atoms with Gasteiger partial charge in [0.05, 0.1) is 17.4 Å². The van der Waals surface area contributed by atoms with Crippen LogP contribution in [0.5, 0.6) is 0 Å². The van der Waals surface area contributed by atoms with Gasteiger partial charge in [-0.15, -0.1) is 0 Å². The van der Waals surface area contributed by atoms with E-state index in [2.05, 4.69) is 21.3 Å². The van der Waals surface area contributed by atoms with Crippen LogP contribution in [0, 0.1) is 13.8 Å². The van der Waals surface area contributed by atoms with Gasteiger partial charge < -0.3 is 10.2 Å². The quantitative estimate of drug-likeness (QED) is 0.934. The molecule has 1 N–H and O–H groups in total. The molecule has 1 aliphatic heterocycles. The minimum absolute atomic E-state index is 0.110. The molecule has 0 aliphatic carbocycles. The molecule has 4 heteroatoms. The van der Waals surface area contributed by atoms with Gasteiger partial charge in [-0.05, 0) is 62.4 Å². The molecular formula is C19H23N3O. The number of pyridine rings is 1. The highest BCUT2D eigenvalue weighted by Crippen LogP contribution is 2.21. The number of anilines is 2. The van der Waals surface area contributed by atoms with Crippen LogP contribution in [-0.4, -0.2) is 24.0 Å². The minimum atomic E-state index is -0.110. The van der Waals surface area contributed by atoms with Crippen LogP contribution >= 0.6 is 0 Å². The molecule has 1 amide bonds. The third kappa shape index (κ3) is 3.89. The summed E-state index contributed by atoms with van der Waals surface area (Å²) in [4.78, 5) is 19.1. The van der Waals surface area contributed by atoms with Gasteiger partial charge in [-0.1, -0.05) is 6.07 Å². The summed E-state index contributed by atoms with van der Waals surface area (Å²) < 4.78 is 0. The molecule has 1 aliphatic rings. The fraction of sp³-hybridized carbons (Fsp3) is 0.368. The molecule has 1 fully saturated rings. The van der Waals surface area contributed by atoms with E-state index in [1.807, 2.05) is 38.2 Å². The zero-order chi connectivity index (χ0) is 16.2. The molecule has 0 unspecified atom stereocenters. The monoisotopic (exact) mass is 309 g/mol. The summed E-state index contributed by atoms with van der Waals surface area (Å²) in [7, 11) is 0. The summed E-state index contributed by atoms with van der Waals surface area (Å²) in [5.41, 5.74) is 4.75.